The summed E-state index contributed by atoms with van der Waals surface area (Å²) in [4.78, 5) is 13.0. The molecule has 0 saturated carbocycles. The van der Waals surface area contributed by atoms with Crippen LogP contribution in [0.2, 0.25) is 0 Å². The van der Waals surface area contributed by atoms with E-state index in [0.717, 1.165) is 11.9 Å². The van der Waals surface area contributed by atoms with Crippen LogP contribution in [0.25, 0.3) is 0 Å². The quantitative estimate of drug-likeness (QED) is 0.586. The minimum Gasteiger partial charge on any atom is -0.478 e. The third kappa shape index (κ3) is 2.92. The highest BCUT2D eigenvalue weighted by Crippen LogP contribution is 1.99. The molecule has 0 spiro atoms. The van der Waals surface area contributed by atoms with E-state index < -0.39 is 5.97 Å². The molecule has 1 rings (SSSR count). The lowest BCUT2D eigenvalue weighted by atomic mass is 10.5. The first-order valence-electron chi connectivity index (χ1n) is 3.56. The molecule has 0 aliphatic heterocycles. The van der Waals surface area contributed by atoms with Crippen LogP contribution in [0.1, 0.15) is 0 Å². The van der Waals surface area contributed by atoms with E-state index in [1.54, 1.807) is 12.3 Å². The normalized spacial score (nSPS) is 10.3. The van der Waals surface area contributed by atoms with Gasteiger partial charge in [0.15, 0.2) is 0 Å². The number of aromatic amines is 1. The molecule has 64 valence electrons. The van der Waals surface area contributed by atoms with E-state index in [1.807, 2.05) is 12.1 Å². The number of H-pyrrole nitrogens is 1. The summed E-state index contributed by atoms with van der Waals surface area (Å²) in [5, 5.41) is 11.2. The molecule has 4 heteroatoms. The van der Waals surface area contributed by atoms with Gasteiger partial charge in [-0.05, 0) is 12.1 Å². The summed E-state index contributed by atoms with van der Waals surface area (Å²) < 4.78 is 0. The van der Waals surface area contributed by atoms with Gasteiger partial charge in [0.25, 0.3) is 0 Å². The molecule has 4 nitrogen and oxygen atoms in total. The summed E-state index contributed by atoms with van der Waals surface area (Å²) in [6, 6.07) is 3.73. The molecule has 1 heterocycles. The minimum atomic E-state index is -0.928. The number of carbonyl (C=O) groups is 1. The van der Waals surface area contributed by atoms with Crippen molar-refractivity contribution in [2.75, 3.05) is 11.9 Å². The van der Waals surface area contributed by atoms with Gasteiger partial charge < -0.3 is 15.4 Å². The fourth-order valence-corrected chi connectivity index (χ4v) is 0.769. The molecule has 3 N–H and O–H groups in total. The van der Waals surface area contributed by atoms with Crippen molar-refractivity contribution in [1.29, 1.82) is 0 Å². The molecular weight excluding hydrogens is 156 g/mol. The lowest BCUT2D eigenvalue weighted by Crippen LogP contribution is -1.99. The lowest BCUT2D eigenvalue weighted by molar-refractivity contribution is -0.131. The number of nitrogens with one attached hydrogen (secondary N) is 2. The predicted molar refractivity (Wildman–Crippen MR) is 46.1 cm³/mol. The molecule has 0 bridgehead atoms. The van der Waals surface area contributed by atoms with Crippen LogP contribution >= 0.6 is 0 Å². The van der Waals surface area contributed by atoms with Crippen LogP contribution in [0.4, 0.5) is 5.82 Å². The first-order valence-corrected chi connectivity index (χ1v) is 3.56. The maximum atomic E-state index is 10.0. The first-order chi connectivity index (χ1) is 5.79. The van der Waals surface area contributed by atoms with Gasteiger partial charge in [0.05, 0.1) is 0 Å². The van der Waals surface area contributed by atoms with Crippen LogP contribution in [0.5, 0.6) is 0 Å². The minimum absolute atomic E-state index is 0.507. The first kappa shape index (κ1) is 8.39. The van der Waals surface area contributed by atoms with Gasteiger partial charge in [0, 0.05) is 18.8 Å². The standard InChI is InChI=1S/C8H10N2O2/c11-8(12)4-2-6-10-7-3-1-5-9-7/h1-5,9-10H,6H2,(H,11,12)/b4-2+. The molecule has 0 amide bonds. The summed E-state index contributed by atoms with van der Waals surface area (Å²) in [6.07, 6.45) is 4.45. The van der Waals surface area contributed by atoms with Crippen LogP contribution in [0.15, 0.2) is 30.5 Å². The molecule has 12 heavy (non-hydrogen) atoms. The van der Waals surface area contributed by atoms with E-state index in [0.29, 0.717) is 6.54 Å². The average Bonchev–Trinajstić information content (AvgIpc) is 2.49. The molecular formula is C8H10N2O2. The molecule has 1 aromatic heterocycles. The van der Waals surface area contributed by atoms with E-state index in [2.05, 4.69) is 10.3 Å². The van der Waals surface area contributed by atoms with Crippen LogP contribution in [0, 0.1) is 0 Å². The number of hydrogen-bond donors (Lipinski definition) is 3. The summed E-state index contributed by atoms with van der Waals surface area (Å²) in [5.41, 5.74) is 0. The summed E-state index contributed by atoms with van der Waals surface area (Å²) in [6.45, 7) is 0.507. The Bertz CT molecular complexity index is 265. The van der Waals surface area contributed by atoms with E-state index in [9.17, 15) is 4.79 Å². The van der Waals surface area contributed by atoms with Crippen LogP contribution in [-0.2, 0) is 4.79 Å². The molecule has 0 aliphatic rings. The monoisotopic (exact) mass is 166 g/mol. The number of anilines is 1. The number of rotatable bonds is 4. The third-order valence-electron chi connectivity index (χ3n) is 1.27. The Balaban J connectivity index is 2.23. The van der Waals surface area contributed by atoms with Gasteiger partial charge in [-0.1, -0.05) is 6.08 Å². The number of carboxylic acids is 1. The molecule has 0 atom stereocenters. The van der Waals surface area contributed by atoms with Crippen molar-refractivity contribution < 1.29 is 9.90 Å². The molecule has 1 aromatic rings. The van der Waals surface area contributed by atoms with Crippen LogP contribution in [0.3, 0.4) is 0 Å². The molecule has 0 aromatic carbocycles. The fraction of sp³-hybridized carbons (Fsp3) is 0.125. The second kappa shape index (κ2) is 4.23. The van der Waals surface area contributed by atoms with Crippen molar-refractivity contribution in [3.05, 3.63) is 30.5 Å². The SMILES string of the molecule is O=C(O)/C=C/CNc1ccc[nH]1. The van der Waals surface area contributed by atoms with Crippen molar-refractivity contribution >= 4 is 11.8 Å². The number of hydrogen-bond acceptors (Lipinski definition) is 2. The lowest BCUT2D eigenvalue weighted by Gasteiger charge is -1.96. The fourth-order valence-electron chi connectivity index (χ4n) is 0.769. The number of aromatic nitrogens is 1. The smallest absolute Gasteiger partial charge is 0.328 e. The van der Waals surface area contributed by atoms with E-state index in [-0.39, 0.29) is 0 Å². The van der Waals surface area contributed by atoms with Crippen LogP contribution < -0.4 is 5.32 Å². The van der Waals surface area contributed by atoms with Gasteiger partial charge in [0.1, 0.15) is 5.82 Å². The maximum Gasteiger partial charge on any atom is 0.328 e. The van der Waals surface area contributed by atoms with Gasteiger partial charge in [-0.2, -0.15) is 0 Å². The molecule has 0 aliphatic carbocycles. The third-order valence-corrected chi connectivity index (χ3v) is 1.27. The van der Waals surface area contributed by atoms with Gasteiger partial charge in [-0.15, -0.1) is 0 Å². The maximum absolute atomic E-state index is 10.0. The predicted octanol–water partition coefficient (Wildman–Crippen LogP) is 1.07. The highest BCUT2D eigenvalue weighted by atomic mass is 16.4. The van der Waals surface area contributed by atoms with Crippen molar-refractivity contribution in [2.24, 2.45) is 0 Å². The van der Waals surface area contributed by atoms with Crippen molar-refractivity contribution in [1.82, 2.24) is 4.98 Å². The Morgan fingerprint density at radius 3 is 3.17 bits per heavy atom. The average molecular weight is 166 g/mol. The van der Waals surface area contributed by atoms with Gasteiger partial charge in [0.2, 0.25) is 0 Å². The Hall–Kier alpha value is -1.71. The molecule has 0 radical (unpaired) electrons. The zero-order valence-corrected chi connectivity index (χ0v) is 6.45. The van der Waals surface area contributed by atoms with Gasteiger partial charge >= 0.3 is 5.97 Å². The highest BCUT2D eigenvalue weighted by Gasteiger charge is 1.87. The summed E-state index contributed by atoms with van der Waals surface area (Å²) in [5.74, 6) is -0.0478. The Morgan fingerprint density at radius 1 is 1.75 bits per heavy atom. The Labute approximate surface area is 69.9 Å². The Kier molecular flexibility index (Phi) is 2.95. The van der Waals surface area contributed by atoms with Crippen molar-refractivity contribution in [3.63, 3.8) is 0 Å². The molecule has 0 unspecified atom stereocenters. The highest BCUT2D eigenvalue weighted by molar-refractivity contribution is 5.79. The molecule has 0 fully saturated rings. The van der Waals surface area contributed by atoms with Crippen LogP contribution in [-0.4, -0.2) is 22.6 Å². The number of aliphatic carboxylic acids is 1. The summed E-state index contributed by atoms with van der Waals surface area (Å²) in [7, 11) is 0. The second-order valence-corrected chi connectivity index (χ2v) is 2.21. The number of carboxylic acid groups (broad SMARTS) is 1. The second-order valence-electron chi connectivity index (χ2n) is 2.21. The van der Waals surface area contributed by atoms with Crippen molar-refractivity contribution in [3.8, 4) is 0 Å². The van der Waals surface area contributed by atoms with E-state index in [4.69, 9.17) is 5.11 Å². The van der Waals surface area contributed by atoms with Gasteiger partial charge in [-0.3, -0.25) is 0 Å². The van der Waals surface area contributed by atoms with E-state index >= 15 is 0 Å². The largest absolute Gasteiger partial charge is 0.478 e. The Morgan fingerprint density at radius 2 is 2.58 bits per heavy atom. The zero-order valence-electron chi connectivity index (χ0n) is 6.45. The topological polar surface area (TPSA) is 65.1 Å². The van der Waals surface area contributed by atoms with E-state index in [1.165, 1.54) is 0 Å². The van der Waals surface area contributed by atoms with Crippen molar-refractivity contribution in [2.45, 2.75) is 0 Å². The van der Waals surface area contributed by atoms with Gasteiger partial charge in [-0.25, -0.2) is 4.79 Å². The summed E-state index contributed by atoms with van der Waals surface area (Å²) >= 11 is 0. The molecule has 0 saturated heterocycles. The zero-order chi connectivity index (χ0) is 8.81.